The molecule has 0 amide bonds. The Morgan fingerprint density at radius 1 is 1.30 bits per heavy atom. The van der Waals surface area contributed by atoms with Gasteiger partial charge in [0.05, 0.1) is 7.11 Å². The third kappa shape index (κ3) is 4.45. The minimum absolute atomic E-state index is 0.0240. The van der Waals surface area contributed by atoms with E-state index in [1.54, 1.807) is 6.92 Å². The lowest BCUT2D eigenvalue weighted by atomic mass is 10.0. The fraction of sp³-hybridized carbons (Fsp3) is 0.500. The van der Waals surface area contributed by atoms with Crippen LogP contribution in [0, 0.1) is 11.6 Å². The summed E-state index contributed by atoms with van der Waals surface area (Å²) in [7, 11) is 1.27. The molecule has 1 aromatic rings. The van der Waals surface area contributed by atoms with Gasteiger partial charge in [-0.05, 0) is 19.9 Å². The Balaban J connectivity index is 2.77. The van der Waals surface area contributed by atoms with Gasteiger partial charge >= 0.3 is 5.97 Å². The molecule has 0 aliphatic carbocycles. The molecule has 1 unspecified atom stereocenters. The monoisotopic (exact) mass is 287 g/mol. The molecule has 20 heavy (non-hydrogen) atoms. The van der Waals surface area contributed by atoms with Crippen LogP contribution >= 0.6 is 0 Å². The molecular weight excluding hydrogens is 268 g/mol. The van der Waals surface area contributed by atoms with Crippen LogP contribution in [0.5, 0.6) is 5.75 Å². The molecule has 0 saturated carbocycles. The minimum atomic E-state index is -1.08. The Labute approximate surface area is 117 Å². The average Bonchev–Trinajstić information content (AvgIpc) is 2.41. The van der Waals surface area contributed by atoms with Crippen LogP contribution in [0.15, 0.2) is 18.2 Å². The van der Waals surface area contributed by atoms with Gasteiger partial charge in [0.15, 0.2) is 0 Å². The van der Waals surface area contributed by atoms with Crippen molar-refractivity contribution in [3.05, 3.63) is 29.8 Å². The predicted octanol–water partition coefficient (Wildman–Crippen LogP) is 2.27. The molecule has 0 bridgehead atoms. The van der Waals surface area contributed by atoms with E-state index in [-0.39, 0.29) is 12.4 Å². The maximum Gasteiger partial charge on any atom is 0.329 e. The molecule has 0 saturated heterocycles. The molecule has 1 atom stereocenters. The molecule has 6 heteroatoms. The molecule has 0 aromatic heterocycles. The minimum Gasteiger partial charge on any atom is -0.491 e. The Hall–Kier alpha value is -1.69. The van der Waals surface area contributed by atoms with E-state index >= 15 is 0 Å². The van der Waals surface area contributed by atoms with Gasteiger partial charge in [-0.1, -0.05) is 6.92 Å². The molecule has 1 aromatic carbocycles. The van der Waals surface area contributed by atoms with E-state index in [9.17, 15) is 13.6 Å². The fourth-order valence-electron chi connectivity index (χ4n) is 1.65. The van der Waals surface area contributed by atoms with E-state index in [4.69, 9.17) is 9.47 Å². The summed E-state index contributed by atoms with van der Waals surface area (Å²) in [6.07, 6.45) is 0.821. The van der Waals surface area contributed by atoms with E-state index in [0.717, 1.165) is 24.6 Å². The number of halogens is 2. The van der Waals surface area contributed by atoms with Crippen molar-refractivity contribution in [2.24, 2.45) is 0 Å². The largest absolute Gasteiger partial charge is 0.491 e. The second kappa shape index (κ2) is 7.19. The highest BCUT2D eigenvalue weighted by molar-refractivity contribution is 5.80. The van der Waals surface area contributed by atoms with Crippen molar-refractivity contribution in [2.45, 2.75) is 25.8 Å². The first-order valence-electron chi connectivity index (χ1n) is 6.33. The first-order valence-corrected chi connectivity index (χ1v) is 6.33. The van der Waals surface area contributed by atoms with Gasteiger partial charge in [0.25, 0.3) is 0 Å². The highest BCUT2D eigenvalue weighted by Gasteiger charge is 2.34. The van der Waals surface area contributed by atoms with Crippen LogP contribution in [0.3, 0.4) is 0 Å². The standard InChI is InChI=1S/C14H19F2NO3/c1-4-5-17-14(2,13(18)19-3)9-20-12-7-10(15)6-11(16)8-12/h6-8,17H,4-5,9H2,1-3H3. The molecule has 0 aliphatic rings. The second-order valence-electron chi connectivity index (χ2n) is 4.64. The number of hydrogen-bond acceptors (Lipinski definition) is 4. The quantitative estimate of drug-likeness (QED) is 0.782. The van der Waals surface area contributed by atoms with Gasteiger partial charge in [0.2, 0.25) is 0 Å². The van der Waals surface area contributed by atoms with Crippen LogP contribution in [0.2, 0.25) is 0 Å². The van der Waals surface area contributed by atoms with Crippen molar-refractivity contribution < 1.29 is 23.0 Å². The maximum absolute atomic E-state index is 13.0. The lowest BCUT2D eigenvalue weighted by Gasteiger charge is -2.27. The zero-order chi connectivity index (χ0) is 15.2. The summed E-state index contributed by atoms with van der Waals surface area (Å²) in [5, 5.41) is 3.01. The molecule has 1 rings (SSSR count). The molecule has 0 heterocycles. The summed E-state index contributed by atoms with van der Waals surface area (Å²) in [5.74, 6) is -1.94. The third-order valence-corrected chi connectivity index (χ3v) is 2.76. The van der Waals surface area contributed by atoms with Gasteiger partial charge in [-0.2, -0.15) is 0 Å². The number of rotatable bonds is 7. The summed E-state index contributed by atoms with van der Waals surface area (Å²) in [4.78, 5) is 11.8. The number of carbonyl (C=O) groups is 1. The van der Waals surface area contributed by atoms with Crippen molar-refractivity contribution in [2.75, 3.05) is 20.3 Å². The highest BCUT2D eigenvalue weighted by Crippen LogP contribution is 2.17. The number of ether oxygens (including phenoxy) is 2. The number of carbonyl (C=O) groups excluding carboxylic acids is 1. The Kier molecular flexibility index (Phi) is 5.88. The first kappa shape index (κ1) is 16.4. The SMILES string of the molecule is CCCNC(C)(COc1cc(F)cc(F)c1)C(=O)OC. The van der Waals surface area contributed by atoms with Gasteiger partial charge in [-0.3, -0.25) is 5.32 Å². The lowest BCUT2D eigenvalue weighted by molar-refractivity contribution is -0.149. The van der Waals surface area contributed by atoms with Gasteiger partial charge in [0.1, 0.15) is 29.5 Å². The highest BCUT2D eigenvalue weighted by atomic mass is 19.1. The zero-order valence-corrected chi connectivity index (χ0v) is 11.8. The van der Waals surface area contributed by atoms with Crippen LogP contribution in [0.25, 0.3) is 0 Å². The Morgan fingerprint density at radius 2 is 1.90 bits per heavy atom. The number of benzene rings is 1. The van der Waals surface area contributed by atoms with Gasteiger partial charge in [-0.15, -0.1) is 0 Å². The van der Waals surface area contributed by atoms with E-state index in [0.29, 0.717) is 6.54 Å². The van der Waals surface area contributed by atoms with Crippen LogP contribution in [0.4, 0.5) is 8.78 Å². The molecule has 0 fully saturated rings. The number of hydrogen-bond donors (Lipinski definition) is 1. The molecule has 4 nitrogen and oxygen atoms in total. The molecule has 0 radical (unpaired) electrons. The van der Waals surface area contributed by atoms with Crippen molar-refractivity contribution >= 4 is 5.97 Å². The predicted molar refractivity (Wildman–Crippen MR) is 70.6 cm³/mol. The summed E-state index contributed by atoms with van der Waals surface area (Å²) in [6.45, 7) is 4.06. The topological polar surface area (TPSA) is 47.6 Å². The van der Waals surface area contributed by atoms with Crippen LogP contribution in [-0.4, -0.2) is 31.8 Å². The fourth-order valence-corrected chi connectivity index (χ4v) is 1.65. The van der Waals surface area contributed by atoms with E-state index in [1.807, 2.05) is 6.92 Å². The van der Waals surface area contributed by atoms with E-state index in [2.05, 4.69) is 5.32 Å². The van der Waals surface area contributed by atoms with E-state index < -0.39 is 23.1 Å². The number of nitrogens with one attached hydrogen (secondary N) is 1. The van der Waals surface area contributed by atoms with E-state index in [1.165, 1.54) is 7.11 Å². The van der Waals surface area contributed by atoms with Crippen molar-refractivity contribution in [1.82, 2.24) is 5.32 Å². The third-order valence-electron chi connectivity index (χ3n) is 2.76. The molecule has 0 spiro atoms. The van der Waals surface area contributed by atoms with Crippen LogP contribution in [0.1, 0.15) is 20.3 Å². The molecule has 1 N–H and O–H groups in total. The number of esters is 1. The summed E-state index contributed by atoms with van der Waals surface area (Å²) in [5.41, 5.74) is -1.08. The Morgan fingerprint density at radius 3 is 2.40 bits per heavy atom. The van der Waals surface area contributed by atoms with Crippen molar-refractivity contribution in [3.63, 3.8) is 0 Å². The summed E-state index contributed by atoms with van der Waals surface area (Å²) in [6, 6.07) is 2.86. The average molecular weight is 287 g/mol. The summed E-state index contributed by atoms with van der Waals surface area (Å²) >= 11 is 0. The first-order chi connectivity index (χ1) is 9.41. The second-order valence-corrected chi connectivity index (χ2v) is 4.64. The molecular formula is C14H19F2NO3. The Bertz CT molecular complexity index is 447. The van der Waals surface area contributed by atoms with Gasteiger partial charge < -0.3 is 9.47 Å². The van der Waals surface area contributed by atoms with Crippen molar-refractivity contribution in [3.8, 4) is 5.75 Å². The van der Waals surface area contributed by atoms with Crippen LogP contribution < -0.4 is 10.1 Å². The van der Waals surface area contributed by atoms with Crippen LogP contribution in [-0.2, 0) is 9.53 Å². The lowest BCUT2D eigenvalue weighted by Crippen LogP contribution is -2.54. The number of methoxy groups -OCH3 is 1. The maximum atomic E-state index is 13.0. The van der Waals surface area contributed by atoms with Crippen molar-refractivity contribution in [1.29, 1.82) is 0 Å². The normalized spacial score (nSPS) is 13.7. The van der Waals surface area contributed by atoms with Gasteiger partial charge in [0, 0.05) is 18.2 Å². The molecule has 0 aliphatic heterocycles. The summed E-state index contributed by atoms with van der Waals surface area (Å²) < 4.78 is 36.1. The zero-order valence-electron chi connectivity index (χ0n) is 11.8. The van der Waals surface area contributed by atoms with Gasteiger partial charge in [-0.25, -0.2) is 13.6 Å². The smallest absolute Gasteiger partial charge is 0.329 e. The molecule has 112 valence electrons.